The van der Waals surface area contributed by atoms with Gasteiger partial charge in [0.25, 0.3) is 0 Å². The van der Waals surface area contributed by atoms with Crippen molar-refractivity contribution in [2.45, 2.75) is 39.6 Å². The molecular weight excluding hydrogens is 232 g/mol. The van der Waals surface area contributed by atoms with Crippen molar-refractivity contribution in [1.82, 2.24) is 0 Å². The van der Waals surface area contributed by atoms with E-state index in [1.54, 1.807) is 20.8 Å². The minimum atomic E-state index is -1.55. The Morgan fingerprint density at radius 2 is 1.76 bits per heavy atom. The molecule has 0 heterocycles. The second kappa shape index (κ2) is 6.09. The van der Waals surface area contributed by atoms with Gasteiger partial charge in [-0.25, -0.2) is 9.59 Å². The summed E-state index contributed by atoms with van der Waals surface area (Å²) in [6.07, 6.45) is -2.81. The first-order valence-electron chi connectivity index (χ1n) is 4.77. The number of carboxylic acid groups (broad SMARTS) is 1. The van der Waals surface area contributed by atoms with Gasteiger partial charge in [-0.15, -0.1) is 0 Å². The fraction of sp³-hybridized carbons (Fsp3) is 0.600. The van der Waals surface area contributed by atoms with Crippen molar-refractivity contribution in [1.29, 1.82) is 0 Å². The molecule has 0 saturated carbocycles. The van der Waals surface area contributed by atoms with Crippen molar-refractivity contribution >= 4 is 12.1 Å². The molecule has 17 heavy (non-hydrogen) atoms. The van der Waals surface area contributed by atoms with Gasteiger partial charge in [0.1, 0.15) is 5.60 Å². The number of hydrogen-bond donors (Lipinski definition) is 1. The minimum Gasteiger partial charge on any atom is -0.450 e. The number of ether oxygens (including phenoxy) is 2. The third-order valence-corrected chi connectivity index (χ3v) is 1.16. The van der Waals surface area contributed by atoms with Crippen LogP contribution in [0.5, 0.6) is 0 Å². The summed E-state index contributed by atoms with van der Waals surface area (Å²) in [6, 6.07) is 0. The average molecular weight is 248 g/mol. The second-order valence-electron chi connectivity index (χ2n) is 4.06. The van der Waals surface area contributed by atoms with E-state index in [-0.39, 0.29) is 0 Å². The first kappa shape index (κ1) is 15.2. The second-order valence-corrected chi connectivity index (χ2v) is 4.06. The summed E-state index contributed by atoms with van der Waals surface area (Å²) >= 11 is 0. The SMILES string of the molecule is C=C(OOC(C)(C)C)C(=O)OC(C)OC(=O)O. The predicted octanol–water partition coefficient (Wildman–Crippen LogP) is 1.83. The highest BCUT2D eigenvalue weighted by molar-refractivity contribution is 5.85. The molecule has 1 N–H and O–H groups in total. The summed E-state index contributed by atoms with van der Waals surface area (Å²) in [5, 5.41) is 8.25. The molecule has 0 aromatic heterocycles. The maximum Gasteiger partial charge on any atom is 0.508 e. The first-order valence-corrected chi connectivity index (χ1v) is 4.77. The number of rotatable bonds is 5. The van der Waals surface area contributed by atoms with Crippen molar-refractivity contribution in [2.75, 3.05) is 0 Å². The Bertz CT molecular complexity index is 302. The number of esters is 1. The Labute approximate surface area is 98.8 Å². The number of carbonyl (C=O) groups excluding carboxylic acids is 1. The van der Waals surface area contributed by atoms with Crippen LogP contribution in [0.2, 0.25) is 0 Å². The van der Waals surface area contributed by atoms with E-state index >= 15 is 0 Å². The van der Waals surface area contributed by atoms with E-state index in [1.807, 2.05) is 0 Å². The Balaban J connectivity index is 4.06. The van der Waals surface area contributed by atoms with Crippen molar-refractivity contribution in [3.63, 3.8) is 0 Å². The quantitative estimate of drug-likeness (QED) is 0.198. The molecule has 0 aliphatic rings. The molecule has 1 atom stereocenters. The minimum absolute atomic E-state index is 0.402. The van der Waals surface area contributed by atoms with Gasteiger partial charge in [0.15, 0.2) is 0 Å². The molecule has 0 aromatic carbocycles. The molecule has 98 valence electrons. The summed E-state index contributed by atoms with van der Waals surface area (Å²) in [4.78, 5) is 30.8. The van der Waals surface area contributed by atoms with Crippen LogP contribution < -0.4 is 0 Å². The zero-order valence-corrected chi connectivity index (χ0v) is 10.2. The molecule has 7 heteroatoms. The van der Waals surface area contributed by atoms with Gasteiger partial charge < -0.3 is 19.5 Å². The topological polar surface area (TPSA) is 91.3 Å². The third-order valence-electron chi connectivity index (χ3n) is 1.16. The Hall–Kier alpha value is -1.76. The van der Waals surface area contributed by atoms with Crippen molar-refractivity contribution < 1.29 is 33.9 Å². The predicted molar refractivity (Wildman–Crippen MR) is 55.7 cm³/mol. The summed E-state index contributed by atoms with van der Waals surface area (Å²) in [7, 11) is 0. The summed E-state index contributed by atoms with van der Waals surface area (Å²) < 4.78 is 8.69. The van der Waals surface area contributed by atoms with Crippen LogP contribution in [0, 0.1) is 0 Å². The van der Waals surface area contributed by atoms with Crippen LogP contribution >= 0.6 is 0 Å². The van der Waals surface area contributed by atoms with Gasteiger partial charge in [-0.05, 0) is 27.4 Å². The first-order chi connectivity index (χ1) is 7.61. The van der Waals surface area contributed by atoms with Crippen LogP contribution in [0.4, 0.5) is 4.79 Å². The maximum atomic E-state index is 11.3. The molecule has 0 aliphatic heterocycles. The lowest BCUT2D eigenvalue weighted by Crippen LogP contribution is -2.24. The zero-order valence-electron chi connectivity index (χ0n) is 10.2. The highest BCUT2D eigenvalue weighted by Gasteiger charge is 2.20. The standard InChI is InChI=1S/C10H16O7/c1-6(16-17-10(3,4)5)8(11)14-7(2)15-9(12)13/h7H,1H2,2-5H3,(H,12,13). The van der Waals surface area contributed by atoms with Crippen LogP contribution in [0.3, 0.4) is 0 Å². The van der Waals surface area contributed by atoms with Crippen molar-refractivity contribution in [3.05, 3.63) is 12.3 Å². The molecule has 1 unspecified atom stereocenters. The van der Waals surface area contributed by atoms with E-state index in [2.05, 4.69) is 20.9 Å². The summed E-state index contributed by atoms with van der Waals surface area (Å²) in [5.41, 5.74) is -0.619. The molecule has 7 nitrogen and oxygen atoms in total. The van der Waals surface area contributed by atoms with Gasteiger partial charge in [0.2, 0.25) is 12.0 Å². The Morgan fingerprint density at radius 1 is 1.24 bits per heavy atom. The lowest BCUT2D eigenvalue weighted by Gasteiger charge is -2.18. The normalized spacial score (nSPS) is 12.5. The maximum absolute atomic E-state index is 11.3. The Morgan fingerprint density at radius 3 is 2.18 bits per heavy atom. The molecular formula is C10H16O7. The van der Waals surface area contributed by atoms with Gasteiger partial charge in [-0.3, -0.25) is 0 Å². The van der Waals surface area contributed by atoms with E-state index in [1.165, 1.54) is 6.92 Å². The molecule has 0 aliphatic carbocycles. The molecule has 0 bridgehead atoms. The lowest BCUT2D eigenvalue weighted by molar-refractivity contribution is -0.321. The Kier molecular flexibility index (Phi) is 5.46. The largest absolute Gasteiger partial charge is 0.508 e. The number of hydrogen-bond acceptors (Lipinski definition) is 6. The van der Waals surface area contributed by atoms with E-state index in [4.69, 9.17) is 9.99 Å². The van der Waals surface area contributed by atoms with Crippen molar-refractivity contribution in [3.8, 4) is 0 Å². The monoisotopic (exact) mass is 248 g/mol. The number of carbonyl (C=O) groups is 2. The van der Waals surface area contributed by atoms with Crippen LogP contribution in [-0.4, -0.2) is 29.1 Å². The van der Waals surface area contributed by atoms with Gasteiger partial charge in [0.05, 0.1) is 0 Å². The smallest absolute Gasteiger partial charge is 0.450 e. The highest BCUT2D eigenvalue weighted by atomic mass is 17.2. The highest BCUT2D eigenvalue weighted by Crippen LogP contribution is 2.11. The van der Waals surface area contributed by atoms with E-state index < -0.39 is 29.8 Å². The van der Waals surface area contributed by atoms with E-state index in [9.17, 15) is 9.59 Å². The van der Waals surface area contributed by atoms with Gasteiger partial charge in [-0.1, -0.05) is 0 Å². The average Bonchev–Trinajstić information content (AvgIpc) is 2.11. The molecule has 0 fully saturated rings. The molecule has 0 saturated heterocycles. The third kappa shape index (κ3) is 8.09. The summed E-state index contributed by atoms with van der Waals surface area (Å²) in [6.45, 7) is 9.64. The van der Waals surface area contributed by atoms with Crippen LogP contribution in [0.25, 0.3) is 0 Å². The fourth-order valence-corrected chi connectivity index (χ4v) is 0.592. The fourth-order valence-electron chi connectivity index (χ4n) is 0.592. The van der Waals surface area contributed by atoms with Crippen LogP contribution in [0.1, 0.15) is 27.7 Å². The van der Waals surface area contributed by atoms with E-state index in [0.29, 0.717) is 0 Å². The van der Waals surface area contributed by atoms with Crippen LogP contribution in [0.15, 0.2) is 12.3 Å². The molecule has 0 amide bonds. The van der Waals surface area contributed by atoms with Crippen LogP contribution in [-0.2, 0) is 24.0 Å². The molecule has 0 radical (unpaired) electrons. The molecule has 0 rings (SSSR count). The lowest BCUT2D eigenvalue weighted by atomic mass is 10.2. The van der Waals surface area contributed by atoms with E-state index in [0.717, 1.165) is 0 Å². The summed E-state index contributed by atoms with van der Waals surface area (Å²) in [5.74, 6) is -1.37. The van der Waals surface area contributed by atoms with Gasteiger partial charge >= 0.3 is 12.1 Å². The van der Waals surface area contributed by atoms with Crippen molar-refractivity contribution in [2.24, 2.45) is 0 Å². The van der Waals surface area contributed by atoms with Gasteiger partial charge in [-0.2, -0.15) is 4.89 Å². The molecule has 0 spiro atoms. The molecule has 0 aromatic rings. The van der Waals surface area contributed by atoms with Gasteiger partial charge in [0, 0.05) is 6.92 Å². The zero-order chi connectivity index (χ0) is 13.6.